The van der Waals surface area contributed by atoms with Crippen LogP contribution in [0.5, 0.6) is 11.5 Å². The quantitative estimate of drug-likeness (QED) is 0.750. The van der Waals surface area contributed by atoms with Crippen molar-refractivity contribution < 1.29 is 19.1 Å². The lowest BCUT2D eigenvalue weighted by Gasteiger charge is -2.35. The normalized spacial score (nSPS) is 18.1. The highest BCUT2D eigenvalue weighted by molar-refractivity contribution is 5.99. The van der Waals surface area contributed by atoms with E-state index in [9.17, 15) is 9.59 Å². The van der Waals surface area contributed by atoms with Crippen molar-refractivity contribution in [2.24, 2.45) is 5.92 Å². The fourth-order valence-corrected chi connectivity index (χ4v) is 4.34. The topological polar surface area (TPSA) is 59.1 Å². The van der Waals surface area contributed by atoms with Gasteiger partial charge in [0.05, 0.1) is 14.2 Å². The predicted octanol–water partition coefficient (Wildman–Crippen LogP) is 3.35. The Labute approximate surface area is 167 Å². The average molecular weight is 389 g/mol. The minimum Gasteiger partial charge on any atom is -0.496 e. The van der Waals surface area contributed by atoms with E-state index in [0.29, 0.717) is 49.7 Å². The van der Waals surface area contributed by atoms with Gasteiger partial charge >= 0.3 is 0 Å². The van der Waals surface area contributed by atoms with Crippen molar-refractivity contribution in [3.63, 3.8) is 0 Å². The van der Waals surface area contributed by atoms with E-state index in [1.807, 2.05) is 4.90 Å². The van der Waals surface area contributed by atoms with Crippen LogP contribution in [-0.4, -0.2) is 62.0 Å². The minimum atomic E-state index is -0.108. The summed E-state index contributed by atoms with van der Waals surface area (Å²) in [6.07, 6.45) is 8.16. The Kier molecular flexibility index (Phi) is 7.18. The number of hydrogen-bond acceptors (Lipinski definition) is 4. The van der Waals surface area contributed by atoms with Gasteiger partial charge in [0.2, 0.25) is 5.91 Å². The molecule has 2 fully saturated rings. The Hall–Kier alpha value is -2.24. The molecule has 28 heavy (non-hydrogen) atoms. The zero-order valence-electron chi connectivity index (χ0n) is 17.1. The summed E-state index contributed by atoms with van der Waals surface area (Å²) >= 11 is 0. The van der Waals surface area contributed by atoms with Crippen molar-refractivity contribution in [1.82, 2.24) is 9.80 Å². The summed E-state index contributed by atoms with van der Waals surface area (Å²) < 4.78 is 10.7. The van der Waals surface area contributed by atoms with Crippen molar-refractivity contribution in [3.8, 4) is 11.5 Å². The maximum absolute atomic E-state index is 13.0. The first-order valence-electron chi connectivity index (χ1n) is 10.4. The summed E-state index contributed by atoms with van der Waals surface area (Å²) in [6.45, 7) is 2.25. The Morgan fingerprint density at radius 3 is 2.07 bits per heavy atom. The summed E-state index contributed by atoms with van der Waals surface area (Å²) in [4.78, 5) is 29.3. The van der Waals surface area contributed by atoms with Crippen LogP contribution < -0.4 is 9.47 Å². The molecule has 1 saturated carbocycles. The van der Waals surface area contributed by atoms with E-state index in [1.54, 1.807) is 37.3 Å². The highest BCUT2D eigenvalue weighted by Gasteiger charge is 2.28. The van der Waals surface area contributed by atoms with Gasteiger partial charge in [0, 0.05) is 32.6 Å². The van der Waals surface area contributed by atoms with Crippen LogP contribution in [0.4, 0.5) is 0 Å². The molecule has 0 N–H and O–H groups in total. The summed E-state index contributed by atoms with van der Waals surface area (Å²) in [5, 5.41) is 0. The van der Waals surface area contributed by atoms with Gasteiger partial charge in [-0.3, -0.25) is 9.59 Å². The van der Waals surface area contributed by atoms with Gasteiger partial charge in [0.25, 0.3) is 5.91 Å². The molecule has 0 aromatic heterocycles. The van der Waals surface area contributed by atoms with E-state index in [1.165, 1.54) is 32.1 Å². The molecule has 1 saturated heterocycles. The van der Waals surface area contributed by atoms with E-state index >= 15 is 0 Å². The fourth-order valence-electron chi connectivity index (χ4n) is 4.34. The summed E-state index contributed by atoms with van der Waals surface area (Å²) in [6, 6.07) is 5.33. The lowest BCUT2D eigenvalue weighted by molar-refractivity contribution is -0.133. The van der Waals surface area contributed by atoms with Crippen LogP contribution in [0.3, 0.4) is 0 Å². The van der Waals surface area contributed by atoms with E-state index in [0.717, 1.165) is 12.3 Å². The number of methoxy groups -OCH3 is 2. The monoisotopic (exact) mass is 388 g/mol. The third kappa shape index (κ3) is 4.78. The third-order valence-electron chi connectivity index (χ3n) is 6.05. The van der Waals surface area contributed by atoms with Crippen molar-refractivity contribution in [2.45, 2.75) is 44.9 Å². The molecule has 2 amide bonds. The summed E-state index contributed by atoms with van der Waals surface area (Å²) in [5.74, 6) is 1.86. The maximum atomic E-state index is 13.0. The average Bonchev–Trinajstić information content (AvgIpc) is 2.77. The predicted molar refractivity (Wildman–Crippen MR) is 108 cm³/mol. The van der Waals surface area contributed by atoms with Crippen LogP contribution in [0.2, 0.25) is 0 Å². The Bertz CT molecular complexity index is 655. The first-order valence-corrected chi connectivity index (χ1v) is 10.4. The van der Waals surface area contributed by atoms with E-state index in [4.69, 9.17) is 9.47 Å². The molecule has 0 spiro atoms. The fraction of sp³-hybridized carbons (Fsp3) is 0.636. The molecule has 2 aliphatic rings. The van der Waals surface area contributed by atoms with Crippen molar-refractivity contribution >= 4 is 11.8 Å². The minimum absolute atomic E-state index is 0.108. The molecule has 1 aliphatic carbocycles. The molecule has 0 bridgehead atoms. The molecule has 6 nitrogen and oxygen atoms in total. The maximum Gasteiger partial charge on any atom is 0.261 e. The zero-order chi connectivity index (χ0) is 19.9. The Morgan fingerprint density at radius 1 is 0.929 bits per heavy atom. The number of carbonyl (C=O) groups excluding carboxylic acids is 2. The molecule has 1 aromatic carbocycles. The second-order valence-corrected chi connectivity index (χ2v) is 7.75. The van der Waals surface area contributed by atoms with E-state index in [2.05, 4.69) is 0 Å². The highest BCUT2D eigenvalue weighted by atomic mass is 16.5. The van der Waals surface area contributed by atoms with Gasteiger partial charge in [-0.05, 0) is 24.5 Å². The number of nitrogens with zero attached hydrogens (tertiary/aromatic N) is 2. The van der Waals surface area contributed by atoms with Crippen molar-refractivity contribution in [3.05, 3.63) is 23.8 Å². The number of hydrogen-bond donors (Lipinski definition) is 0. The molecule has 0 unspecified atom stereocenters. The first-order chi connectivity index (χ1) is 13.6. The van der Waals surface area contributed by atoms with Crippen LogP contribution in [-0.2, 0) is 4.79 Å². The molecular formula is C22H32N2O4. The zero-order valence-corrected chi connectivity index (χ0v) is 17.1. The van der Waals surface area contributed by atoms with Gasteiger partial charge in [-0.1, -0.05) is 38.2 Å². The highest BCUT2D eigenvalue weighted by Crippen LogP contribution is 2.30. The van der Waals surface area contributed by atoms with Gasteiger partial charge in [-0.25, -0.2) is 0 Å². The van der Waals surface area contributed by atoms with Gasteiger partial charge in [0.15, 0.2) is 0 Å². The summed E-state index contributed by atoms with van der Waals surface area (Å²) in [7, 11) is 3.10. The SMILES string of the molecule is COc1cccc(OC)c1C(=O)N1CCN(C(=O)CCC2CCCCC2)CC1. The third-order valence-corrected chi connectivity index (χ3v) is 6.05. The molecular weight excluding hydrogens is 356 g/mol. The number of piperazine rings is 1. The molecule has 1 aromatic rings. The van der Waals surface area contributed by atoms with Crippen LogP contribution >= 0.6 is 0 Å². The van der Waals surface area contributed by atoms with E-state index in [-0.39, 0.29) is 11.8 Å². The van der Waals surface area contributed by atoms with E-state index < -0.39 is 0 Å². The summed E-state index contributed by atoms with van der Waals surface area (Å²) in [5.41, 5.74) is 0.449. The van der Waals surface area contributed by atoms with Gasteiger partial charge in [0.1, 0.15) is 17.1 Å². The molecule has 6 heteroatoms. The molecule has 0 atom stereocenters. The van der Waals surface area contributed by atoms with Crippen LogP contribution in [0, 0.1) is 5.92 Å². The van der Waals surface area contributed by atoms with Crippen molar-refractivity contribution in [2.75, 3.05) is 40.4 Å². The number of ether oxygens (including phenoxy) is 2. The molecule has 1 aliphatic heterocycles. The number of benzene rings is 1. The number of rotatable bonds is 6. The second kappa shape index (κ2) is 9.80. The first kappa shape index (κ1) is 20.5. The van der Waals surface area contributed by atoms with Crippen LogP contribution in [0.1, 0.15) is 55.3 Å². The van der Waals surface area contributed by atoms with Gasteiger partial charge in [-0.2, -0.15) is 0 Å². The van der Waals surface area contributed by atoms with Crippen LogP contribution in [0.15, 0.2) is 18.2 Å². The second-order valence-electron chi connectivity index (χ2n) is 7.75. The molecule has 1 heterocycles. The number of carbonyl (C=O) groups is 2. The smallest absolute Gasteiger partial charge is 0.261 e. The van der Waals surface area contributed by atoms with Crippen molar-refractivity contribution in [1.29, 1.82) is 0 Å². The lowest BCUT2D eigenvalue weighted by Crippen LogP contribution is -2.50. The number of amides is 2. The standard InChI is InChI=1S/C22H32N2O4/c1-27-18-9-6-10-19(28-2)21(18)22(26)24-15-13-23(14-16-24)20(25)12-11-17-7-4-3-5-8-17/h6,9-10,17H,3-5,7-8,11-16H2,1-2H3. The van der Waals surface area contributed by atoms with Crippen LogP contribution in [0.25, 0.3) is 0 Å². The molecule has 3 rings (SSSR count). The Morgan fingerprint density at radius 2 is 1.50 bits per heavy atom. The lowest BCUT2D eigenvalue weighted by atomic mass is 9.86. The largest absolute Gasteiger partial charge is 0.496 e. The Balaban J connectivity index is 1.53. The van der Waals surface area contributed by atoms with Gasteiger partial charge in [-0.15, -0.1) is 0 Å². The molecule has 0 radical (unpaired) electrons. The molecule has 154 valence electrons. The van der Waals surface area contributed by atoms with Gasteiger partial charge < -0.3 is 19.3 Å².